The first-order valence-corrected chi connectivity index (χ1v) is 10.2. The molecule has 0 amide bonds. The minimum absolute atomic E-state index is 0.000844. The highest BCUT2D eigenvalue weighted by molar-refractivity contribution is 14.1. The minimum atomic E-state index is -0.000844. The van der Waals surface area contributed by atoms with E-state index in [0.717, 1.165) is 18.8 Å². The van der Waals surface area contributed by atoms with Gasteiger partial charge in [0.25, 0.3) is 0 Å². The van der Waals surface area contributed by atoms with Crippen LogP contribution in [0.15, 0.2) is 0 Å². The summed E-state index contributed by atoms with van der Waals surface area (Å²) in [5.41, 5.74) is 0. The van der Waals surface area contributed by atoms with Crippen LogP contribution < -0.4 is 0 Å². The van der Waals surface area contributed by atoms with E-state index in [1.807, 2.05) is 0 Å². The molecule has 0 aliphatic rings. The molecule has 0 radical (unpaired) electrons. The molecule has 0 aliphatic heterocycles. The van der Waals surface area contributed by atoms with Crippen molar-refractivity contribution < 1.29 is 9.53 Å². The SMILES string of the molecule is CC(C)CCC(COC(=O)CCCCCCCI)C(C)C. The topological polar surface area (TPSA) is 26.3 Å². The number of rotatable bonds is 13. The zero-order valence-electron chi connectivity index (χ0n) is 14.5. The molecule has 0 N–H and O–H groups in total. The van der Waals surface area contributed by atoms with Crippen molar-refractivity contribution in [3.63, 3.8) is 0 Å². The highest BCUT2D eigenvalue weighted by Crippen LogP contribution is 2.20. The molecule has 2 nitrogen and oxygen atoms in total. The standard InChI is InChI=1S/C18H35IO2/c1-15(2)11-12-17(16(3)4)14-21-18(20)10-8-6-5-7-9-13-19/h15-17H,5-14H2,1-4H3. The lowest BCUT2D eigenvalue weighted by Crippen LogP contribution is -2.19. The largest absolute Gasteiger partial charge is 0.465 e. The zero-order chi connectivity index (χ0) is 16.1. The maximum absolute atomic E-state index is 11.8. The van der Waals surface area contributed by atoms with Crippen LogP contribution in [0.4, 0.5) is 0 Å². The summed E-state index contributed by atoms with van der Waals surface area (Å²) in [7, 11) is 0. The Bertz CT molecular complexity index is 252. The fraction of sp³-hybridized carbons (Fsp3) is 0.944. The molecule has 0 heterocycles. The quantitative estimate of drug-likeness (QED) is 0.161. The molecular weight excluding hydrogens is 375 g/mol. The van der Waals surface area contributed by atoms with Crippen molar-refractivity contribution in [2.75, 3.05) is 11.0 Å². The van der Waals surface area contributed by atoms with Gasteiger partial charge in [-0.25, -0.2) is 0 Å². The third-order valence-corrected chi connectivity index (χ3v) is 4.79. The summed E-state index contributed by atoms with van der Waals surface area (Å²) >= 11 is 2.42. The molecule has 0 saturated carbocycles. The summed E-state index contributed by atoms with van der Waals surface area (Å²) in [6.07, 6.45) is 8.97. The third kappa shape index (κ3) is 13.6. The van der Waals surface area contributed by atoms with Crippen molar-refractivity contribution >= 4 is 28.6 Å². The van der Waals surface area contributed by atoms with Crippen LogP contribution in [0.5, 0.6) is 0 Å². The predicted octanol–water partition coefficient (Wildman–Crippen LogP) is 6.01. The lowest BCUT2D eigenvalue weighted by Gasteiger charge is -2.21. The number of hydrogen-bond acceptors (Lipinski definition) is 2. The van der Waals surface area contributed by atoms with Crippen LogP contribution in [0.3, 0.4) is 0 Å². The molecular formula is C18H35IO2. The zero-order valence-corrected chi connectivity index (χ0v) is 16.7. The molecule has 0 saturated heterocycles. The Kier molecular flexibility index (Phi) is 14.0. The Balaban J connectivity index is 3.72. The number of unbranched alkanes of at least 4 members (excludes halogenated alkanes) is 4. The van der Waals surface area contributed by atoms with Crippen molar-refractivity contribution in [2.45, 2.75) is 79.1 Å². The highest BCUT2D eigenvalue weighted by Gasteiger charge is 2.16. The molecule has 1 unspecified atom stereocenters. The van der Waals surface area contributed by atoms with E-state index in [1.165, 1.54) is 36.5 Å². The maximum atomic E-state index is 11.8. The van der Waals surface area contributed by atoms with Crippen LogP contribution in [0.1, 0.15) is 79.1 Å². The van der Waals surface area contributed by atoms with Crippen LogP contribution in [0.25, 0.3) is 0 Å². The van der Waals surface area contributed by atoms with Gasteiger partial charge >= 0.3 is 5.97 Å². The van der Waals surface area contributed by atoms with Gasteiger partial charge in [-0.15, -0.1) is 0 Å². The number of carbonyl (C=O) groups is 1. The van der Waals surface area contributed by atoms with Gasteiger partial charge in [0.1, 0.15) is 0 Å². The number of halogens is 1. The molecule has 0 fully saturated rings. The van der Waals surface area contributed by atoms with Gasteiger partial charge in [-0.3, -0.25) is 4.79 Å². The predicted molar refractivity (Wildman–Crippen MR) is 99.9 cm³/mol. The Morgan fingerprint density at radius 1 is 0.952 bits per heavy atom. The number of carbonyl (C=O) groups excluding carboxylic acids is 1. The monoisotopic (exact) mass is 410 g/mol. The van der Waals surface area contributed by atoms with Gasteiger partial charge in [0.15, 0.2) is 0 Å². The second-order valence-corrected chi connectivity index (χ2v) is 7.94. The summed E-state index contributed by atoms with van der Waals surface area (Å²) < 4.78 is 6.73. The first-order chi connectivity index (χ1) is 9.97. The van der Waals surface area contributed by atoms with E-state index in [0.29, 0.717) is 24.9 Å². The van der Waals surface area contributed by atoms with Gasteiger partial charge in [0.2, 0.25) is 0 Å². The molecule has 1 atom stereocenters. The van der Waals surface area contributed by atoms with Gasteiger partial charge in [-0.1, -0.05) is 76.0 Å². The molecule has 0 spiro atoms. The molecule has 0 aromatic rings. The first kappa shape index (κ1) is 21.2. The van der Waals surface area contributed by atoms with Crippen LogP contribution in [0.2, 0.25) is 0 Å². The Morgan fingerprint density at radius 3 is 2.14 bits per heavy atom. The smallest absolute Gasteiger partial charge is 0.305 e. The molecule has 0 aromatic heterocycles. The molecule has 0 rings (SSSR count). The highest BCUT2D eigenvalue weighted by atomic mass is 127. The van der Waals surface area contributed by atoms with E-state index in [-0.39, 0.29) is 5.97 Å². The van der Waals surface area contributed by atoms with E-state index >= 15 is 0 Å². The average molecular weight is 410 g/mol. The van der Waals surface area contributed by atoms with Gasteiger partial charge in [0, 0.05) is 6.42 Å². The number of alkyl halides is 1. The molecule has 0 bridgehead atoms. The van der Waals surface area contributed by atoms with Gasteiger partial charge in [-0.05, 0) is 41.4 Å². The number of ether oxygens (including phenoxy) is 1. The Hall–Kier alpha value is 0.200. The van der Waals surface area contributed by atoms with Crippen LogP contribution in [0, 0.1) is 17.8 Å². The normalized spacial score (nSPS) is 12.9. The summed E-state index contributed by atoms with van der Waals surface area (Å²) in [4.78, 5) is 11.8. The van der Waals surface area contributed by atoms with Crippen molar-refractivity contribution in [1.29, 1.82) is 0 Å². The fourth-order valence-electron chi connectivity index (χ4n) is 2.32. The molecule has 0 aliphatic carbocycles. The first-order valence-electron chi connectivity index (χ1n) is 8.69. The molecule has 21 heavy (non-hydrogen) atoms. The second-order valence-electron chi connectivity index (χ2n) is 6.87. The number of esters is 1. The fourth-order valence-corrected chi connectivity index (χ4v) is 2.86. The Labute approximate surface area is 145 Å². The van der Waals surface area contributed by atoms with Crippen LogP contribution >= 0.6 is 22.6 Å². The van der Waals surface area contributed by atoms with E-state index < -0.39 is 0 Å². The molecule has 126 valence electrons. The number of hydrogen-bond donors (Lipinski definition) is 0. The van der Waals surface area contributed by atoms with Crippen molar-refractivity contribution in [1.82, 2.24) is 0 Å². The molecule has 0 aromatic carbocycles. The minimum Gasteiger partial charge on any atom is -0.465 e. The summed E-state index contributed by atoms with van der Waals surface area (Å²) in [5.74, 6) is 1.83. The summed E-state index contributed by atoms with van der Waals surface area (Å²) in [6.45, 7) is 9.57. The van der Waals surface area contributed by atoms with Crippen LogP contribution in [-0.2, 0) is 9.53 Å². The third-order valence-electron chi connectivity index (χ3n) is 4.03. The average Bonchev–Trinajstić information content (AvgIpc) is 2.41. The lowest BCUT2D eigenvalue weighted by molar-refractivity contribution is -0.145. The second kappa shape index (κ2) is 13.8. The van der Waals surface area contributed by atoms with Gasteiger partial charge in [0.05, 0.1) is 6.61 Å². The van der Waals surface area contributed by atoms with Crippen LogP contribution in [-0.4, -0.2) is 17.0 Å². The summed E-state index contributed by atoms with van der Waals surface area (Å²) in [5, 5.41) is 0. The molecule has 3 heteroatoms. The van der Waals surface area contributed by atoms with Gasteiger partial charge < -0.3 is 4.74 Å². The lowest BCUT2D eigenvalue weighted by atomic mass is 9.89. The van der Waals surface area contributed by atoms with Crippen molar-refractivity contribution in [3.8, 4) is 0 Å². The maximum Gasteiger partial charge on any atom is 0.305 e. The van der Waals surface area contributed by atoms with Gasteiger partial charge in [-0.2, -0.15) is 0 Å². The van der Waals surface area contributed by atoms with E-state index in [1.54, 1.807) is 0 Å². The van der Waals surface area contributed by atoms with Crippen molar-refractivity contribution in [2.24, 2.45) is 17.8 Å². The summed E-state index contributed by atoms with van der Waals surface area (Å²) in [6, 6.07) is 0. The van der Waals surface area contributed by atoms with E-state index in [9.17, 15) is 4.79 Å². The van der Waals surface area contributed by atoms with E-state index in [2.05, 4.69) is 50.3 Å². The van der Waals surface area contributed by atoms with Crippen molar-refractivity contribution in [3.05, 3.63) is 0 Å². The van der Waals surface area contributed by atoms with E-state index in [4.69, 9.17) is 4.74 Å². The Morgan fingerprint density at radius 2 is 1.57 bits per heavy atom.